The molecule has 2 N–H and O–H groups in total. The molecule has 2 aromatic rings. The van der Waals surface area contributed by atoms with E-state index < -0.39 is 0 Å². The van der Waals surface area contributed by atoms with Crippen molar-refractivity contribution < 1.29 is 9.59 Å². The minimum atomic E-state index is -0.238. The summed E-state index contributed by atoms with van der Waals surface area (Å²) in [4.78, 5) is 50.8. The standard InChI is InChI=1S/C22H26N4O3/c1-12-17-15(5-3-6-16(17)27)25-18(12)21(29)26-10-4-8-22(11-26)9-7-14-19(22)23-13(2)24-20(14)28/h25H,3-11H2,1-2H3,(H,23,24,28). The van der Waals surface area contributed by atoms with Gasteiger partial charge in [-0.1, -0.05) is 0 Å². The van der Waals surface area contributed by atoms with Crippen molar-refractivity contribution in [3.05, 3.63) is 50.0 Å². The van der Waals surface area contributed by atoms with Crippen molar-refractivity contribution in [1.29, 1.82) is 0 Å². The summed E-state index contributed by atoms with van der Waals surface area (Å²) < 4.78 is 0. The zero-order valence-electron chi connectivity index (χ0n) is 17.0. The Morgan fingerprint density at radius 2 is 1.90 bits per heavy atom. The predicted molar refractivity (Wildman–Crippen MR) is 108 cm³/mol. The average Bonchev–Trinajstić information content (AvgIpc) is 3.21. The Morgan fingerprint density at radius 3 is 2.69 bits per heavy atom. The van der Waals surface area contributed by atoms with Gasteiger partial charge in [0.2, 0.25) is 0 Å². The summed E-state index contributed by atoms with van der Waals surface area (Å²) in [5, 5.41) is 0. The lowest BCUT2D eigenvalue weighted by Crippen LogP contribution is -2.48. The van der Waals surface area contributed by atoms with E-state index in [1.54, 1.807) is 0 Å². The molecule has 0 radical (unpaired) electrons. The number of aromatic amines is 2. The molecule has 1 atom stereocenters. The van der Waals surface area contributed by atoms with Crippen molar-refractivity contribution in [2.75, 3.05) is 13.1 Å². The summed E-state index contributed by atoms with van der Waals surface area (Å²) in [6.45, 7) is 4.95. The molecule has 0 aromatic carbocycles. The second kappa shape index (κ2) is 6.40. The first kappa shape index (κ1) is 18.3. The lowest BCUT2D eigenvalue weighted by molar-refractivity contribution is 0.0627. The Hall–Kier alpha value is -2.70. The molecule has 0 bridgehead atoms. The summed E-state index contributed by atoms with van der Waals surface area (Å²) >= 11 is 0. The van der Waals surface area contributed by atoms with Gasteiger partial charge in [0, 0.05) is 41.7 Å². The van der Waals surface area contributed by atoms with Gasteiger partial charge in [0.1, 0.15) is 11.5 Å². The lowest BCUT2D eigenvalue weighted by atomic mass is 9.77. The van der Waals surface area contributed by atoms with Gasteiger partial charge in [-0.2, -0.15) is 0 Å². The monoisotopic (exact) mass is 394 g/mol. The second-order valence-electron chi connectivity index (χ2n) is 8.84. The van der Waals surface area contributed by atoms with Gasteiger partial charge < -0.3 is 14.9 Å². The molecule has 2 aromatic heterocycles. The largest absolute Gasteiger partial charge is 0.354 e. The van der Waals surface area contributed by atoms with Crippen LogP contribution in [0.2, 0.25) is 0 Å². The van der Waals surface area contributed by atoms with E-state index in [2.05, 4.69) is 9.97 Å². The predicted octanol–water partition coefficient (Wildman–Crippen LogP) is 2.35. The Morgan fingerprint density at radius 1 is 1.07 bits per heavy atom. The van der Waals surface area contributed by atoms with Gasteiger partial charge in [-0.25, -0.2) is 4.98 Å². The van der Waals surface area contributed by atoms with Crippen LogP contribution in [0.25, 0.3) is 0 Å². The van der Waals surface area contributed by atoms with Crippen molar-refractivity contribution >= 4 is 11.7 Å². The number of carbonyl (C=O) groups is 2. The molecule has 152 valence electrons. The van der Waals surface area contributed by atoms with Crippen LogP contribution >= 0.6 is 0 Å². The van der Waals surface area contributed by atoms with Crippen molar-refractivity contribution in [2.24, 2.45) is 0 Å². The maximum atomic E-state index is 13.4. The molecule has 1 amide bonds. The molecule has 7 heteroatoms. The van der Waals surface area contributed by atoms with Crippen LogP contribution in [0.1, 0.15) is 81.3 Å². The Bertz CT molecular complexity index is 1100. The summed E-state index contributed by atoms with van der Waals surface area (Å²) in [7, 11) is 0. The number of H-pyrrole nitrogens is 2. The van der Waals surface area contributed by atoms with Gasteiger partial charge in [0.05, 0.1) is 5.69 Å². The normalized spacial score (nSPS) is 23.4. The van der Waals surface area contributed by atoms with E-state index in [4.69, 9.17) is 4.98 Å². The molecule has 1 fully saturated rings. The number of likely N-dealkylation sites (tertiary alicyclic amines) is 1. The second-order valence-corrected chi connectivity index (χ2v) is 8.84. The number of rotatable bonds is 1. The third-order valence-electron chi connectivity index (χ3n) is 7.00. The first-order valence-electron chi connectivity index (χ1n) is 10.5. The number of piperidine rings is 1. The number of carbonyl (C=O) groups excluding carboxylic acids is 2. The van der Waals surface area contributed by atoms with Crippen molar-refractivity contribution in [3.8, 4) is 0 Å². The maximum Gasteiger partial charge on any atom is 0.270 e. The number of ketones is 1. The maximum absolute atomic E-state index is 13.4. The third kappa shape index (κ3) is 2.70. The molecule has 0 saturated carbocycles. The quantitative estimate of drug-likeness (QED) is 0.776. The zero-order chi connectivity index (χ0) is 20.3. The molecule has 1 saturated heterocycles. The summed E-state index contributed by atoms with van der Waals surface area (Å²) in [6, 6.07) is 0. The topological polar surface area (TPSA) is 98.9 Å². The van der Waals surface area contributed by atoms with E-state index in [1.165, 1.54) is 0 Å². The van der Waals surface area contributed by atoms with Crippen LogP contribution in [0, 0.1) is 13.8 Å². The average molecular weight is 394 g/mol. The molecule has 5 rings (SSSR count). The van der Waals surface area contributed by atoms with Gasteiger partial charge in [0.15, 0.2) is 5.78 Å². The Balaban J connectivity index is 1.49. The van der Waals surface area contributed by atoms with Gasteiger partial charge in [-0.3, -0.25) is 14.4 Å². The molecule has 1 spiro atoms. The van der Waals surface area contributed by atoms with Gasteiger partial charge in [0.25, 0.3) is 11.5 Å². The van der Waals surface area contributed by atoms with Crippen LogP contribution in [0.5, 0.6) is 0 Å². The molecule has 1 unspecified atom stereocenters. The van der Waals surface area contributed by atoms with Gasteiger partial charge in [-0.05, 0) is 57.9 Å². The van der Waals surface area contributed by atoms with E-state index in [9.17, 15) is 14.4 Å². The highest BCUT2D eigenvalue weighted by Gasteiger charge is 2.46. The van der Waals surface area contributed by atoms with Gasteiger partial charge in [-0.15, -0.1) is 0 Å². The van der Waals surface area contributed by atoms with Crippen molar-refractivity contribution in [1.82, 2.24) is 19.9 Å². The van der Waals surface area contributed by atoms with E-state index >= 15 is 0 Å². The minimum absolute atomic E-state index is 0.0424. The Kier molecular flexibility index (Phi) is 4.05. The first-order chi connectivity index (χ1) is 13.9. The third-order valence-corrected chi connectivity index (χ3v) is 7.00. The smallest absolute Gasteiger partial charge is 0.270 e. The van der Waals surface area contributed by atoms with Crippen LogP contribution in [0.3, 0.4) is 0 Å². The molecular weight excluding hydrogens is 368 g/mol. The Labute approximate surface area is 168 Å². The highest BCUT2D eigenvalue weighted by atomic mass is 16.2. The SMILES string of the molecule is Cc1nc2c(c(=O)[nH]1)CCC21CCCN(C(=O)c2[nH]c3c(c2C)C(=O)CCC3)C1. The van der Waals surface area contributed by atoms with E-state index in [1.807, 2.05) is 18.7 Å². The lowest BCUT2D eigenvalue weighted by Gasteiger charge is -2.40. The molecular formula is C22H26N4O3. The van der Waals surface area contributed by atoms with Crippen molar-refractivity contribution in [2.45, 2.75) is 64.2 Å². The number of Topliss-reactive ketones (excluding diaryl/α,β-unsaturated/α-hetero) is 1. The number of hydrogen-bond donors (Lipinski definition) is 2. The molecule has 29 heavy (non-hydrogen) atoms. The highest BCUT2D eigenvalue weighted by molar-refractivity contribution is 6.04. The van der Waals surface area contributed by atoms with E-state index in [0.717, 1.165) is 60.2 Å². The first-order valence-corrected chi connectivity index (χ1v) is 10.5. The zero-order valence-corrected chi connectivity index (χ0v) is 17.0. The molecule has 1 aliphatic heterocycles. The summed E-state index contributed by atoms with van der Waals surface area (Å²) in [5.41, 5.74) is 4.35. The van der Waals surface area contributed by atoms with Crippen LogP contribution in [-0.4, -0.2) is 44.6 Å². The summed E-state index contributed by atoms with van der Waals surface area (Å²) in [5.74, 6) is 0.724. The van der Waals surface area contributed by atoms with Crippen LogP contribution < -0.4 is 5.56 Å². The van der Waals surface area contributed by atoms with Gasteiger partial charge >= 0.3 is 0 Å². The van der Waals surface area contributed by atoms with Crippen molar-refractivity contribution in [3.63, 3.8) is 0 Å². The minimum Gasteiger partial charge on any atom is -0.354 e. The van der Waals surface area contributed by atoms with E-state index in [-0.39, 0.29) is 22.7 Å². The molecule has 3 aliphatic rings. The molecule has 7 nitrogen and oxygen atoms in total. The number of aromatic nitrogens is 3. The molecule has 2 aliphatic carbocycles. The van der Waals surface area contributed by atoms with E-state index in [0.29, 0.717) is 37.4 Å². The number of nitrogens with one attached hydrogen (secondary N) is 2. The number of hydrogen-bond acceptors (Lipinski definition) is 4. The molecule has 3 heterocycles. The number of nitrogens with zero attached hydrogens (tertiary/aromatic N) is 2. The fourth-order valence-electron chi connectivity index (χ4n) is 5.61. The number of aryl methyl sites for hydroxylation is 2. The highest BCUT2D eigenvalue weighted by Crippen LogP contribution is 2.43. The summed E-state index contributed by atoms with van der Waals surface area (Å²) in [6.07, 6.45) is 5.60. The fraction of sp³-hybridized carbons (Fsp3) is 0.545. The van der Waals surface area contributed by atoms with Crippen LogP contribution in [-0.2, 0) is 18.3 Å². The van der Waals surface area contributed by atoms with Crippen LogP contribution in [0.4, 0.5) is 0 Å². The number of amides is 1. The fourth-order valence-corrected chi connectivity index (χ4v) is 5.61. The van der Waals surface area contributed by atoms with Crippen LogP contribution in [0.15, 0.2) is 4.79 Å². The number of fused-ring (bicyclic) bond motifs is 3.